The number of hydrogen-bond acceptors (Lipinski definition) is 6. The topological polar surface area (TPSA) is 99.8 Å². The third kappa shape index (κ3) is 4.14. The van der Waals surface area contributed by atoms with Gasteiger partial charge >= 0.3 is 0 Å². The van der Waals surface area contributed by atoms with Crippen LogP contribution < -0.4 is 10.1 Å². The van der Waals surface area contributed by atoms with Gasteiger partial charge in [-0.15, -0.1) is 5.10 Å². The maximum absolute atomic E-state index is 12.0. The molecule has 28 heavy (non-hydrogen) atoms. The van der Waals surface area contributed by atoms with Crippen molar-refractivity contribution >= 4 is 16.8 Å². The summed E-state index contributed by atoms with van der Waals surface area (Å²) in [6.45, 7) is 1.27. The van der Waals surface area contributed by atoms with Crippen molar-refractivity contribution in [2.75, 3.05) is 13.2 Å². The average Bonchev–Trinajstić information content (AvgIpc) is 3.40. The van der Waals surface area contributed by atoms with E-state index in [0.717, 1.165) is 29.6 Å². The minimum atomic E-state index is -0.158. The SMILES string of the molecule is O=C(COc1ccc(-n2cnnn2)cc1)NCCCn1ncc2ccccc21. The van der Waals surface area contributed by atoms with Crippen LogP contribution in [-0.4, -0.2) is 49.0 Å². The predicted molar refractivity (Wildman–Crippen MR) is 102 cm³/mol. The lowest BCUT2D eigenvalue weighted by Crippen LogP contribution is -2.30. The standard InChI is InChI=1S/C19H19N7O2/c27-19(13-28-17-8-6-16(7-9-17)26-14-21-23-24-26)20-10-3-11-25-18-5-2-1-4-15(18)12-22-25/h1-2,4-9,12,14H,3,10-11,13H2,(H,20,27). The number of nitrogens with zero attached hydrogens (tertiary/aromatic N) is 6. The summed E-state index contributed by atoms with van der Waals surface area (Å²) in [6, 6.07) is 15.2. The maximum atomic E-state index is 12.0. The molecule has 0 saturated carbocycles. The van der Waals surface area contributed by atoms with Gasteiger partial charge in [0.15, 0.2) is 6.61 Å². The number of amides is 1. The molecule has 0 aliphatic heterocycles. The maximum Gasteiger partial charge on any atom is 0.257 e. The lowest BCUT2D eigenvalue weighted by Gasteiger charge is -2.08. The Labute approximate surface area is 160 Å². The molecule has 0 unspecified atom stereocenters. The quantitative estimate of drug-likeness (QED) is 0.468. The smallest absolute Gasteiger partial charge is 0.257 e. The summed E-state index contributed by atoms with van der Waals surface area (Å²) >= 11 is 0. The predicted octanol–water partition coefficient (Wildman–Crippen LogP) is 1.60. The first-order valence-electron chi connectivity index (χ1n) is 8.93. The summed E-state index contributed by atoms with van der Waals surface area (Å²) in [5, 5.41) is 19.3. The van der Waals surface area contributed by atoms with Crippen molar-refractivity contribution in [2.45, 2.75) is 13.0 Å². The Kier molecular flexibility index (Phi) is 5.23. The zero-order valence-electron chi connectivity index (χ0n) is 15.1. The Morgan fingerprint density at radius 1 is 1.11 bits per heavy atom. The van der Waals surface area contributed by atoms with Crippen molar-refractivity contribution in [1.29, 1.82) is 0 Å². The van der Waals surface area contributed by atoms with E-state index < -0.39 is 0 Å². The van der Waals surface area contributed by atoms with Crippen LogP contribution in [0.3, 0.4) is 0 Å². The van der Waals surface area contributed by atoms with E-state index >= 15 is 0 Å². The molecule has 9 heteroatoms. The third-order valence-electron chi connectivity index (χ3n) is 4.24. The number of tetrazole rings is 1. The lowest BCUT2D eigenvalue weighted by molar-refractivity contribution is -0.123. The number of carbonyl (C=O) groups excluding carboxylic acids is 1. The normalized spacial score (nSPS) is 10.9. The van der Waals surface area contributed by atoms with Crippen molar-refractivity contribution in [3.63, 3.8) is 0 Å². The molecular formula is C19H19N7O2. The van der Waals surface area contributed by atoms with Crippen molar-refractivity contribution in [3.05, 3.63) is 61.1 Å². The Hall–Kier alpha value is -3.75. The molecule has 9 nitrogen and oxygen atoms in total. The van der Waals surface area contributed by atoms with E-state index in [4.69, 9.17) is 4.74 Å². The molecule has 0 aliphatic rings. The van der Waals surface area contributed by atoms with Gasteiger partial charge in [0.25, 0.3) is 5.91 Å². The Bertz CT molecular complexity index is 1040. The molecule has 0 fully saturated rings. The van der Waals surface area contributed by atoms with Crippen LogP contribution in [0.1, 0.15) is 6.42 Å². The second-order valence-corrected chi connectivity index (χ2v) is 6.17. The fraction of sp³-hybridized carbons (Fsp3) is 0.211. The molecule has 142 valence electrons. The molecule has 0 bridgehead atoms. The van der Waals surface area contributed by atoms with Crippen LogP contribution in [0.4, 0.5) is 0 Å². The minimum Gasteiger partial charge on any atom is -0.484 e. The van der Waals surface area contributed by atoms with E-state index in [1.165, 1.54) is 6.33 Å². The van der Waals surface area contributed by atoms with Crippen molar-refractivity contribution in [1.82, 2.24) is 35.3 Å². The van der Waals surface area contributed by atoms with Crippen LogP contribution in [0.25, 0.3) is 16.6 Å². The number of para-hydroxylation sites is 1. The number of benzene rings is 2. The molecule has 2 heterocycles. The Balaban J connectivity index is 1.19. The van der Waals surface area contributed by atoms with Crippen LogP contribution in [-0.2, 0) is 11.3 Å². The van der Waals surface area contributed by atoms with Crippen LogP contribution >= 0.6 is 0 Å². The fourth-order valence-electron chi connectivity index (χ4n) is 2.84. The summed E-state index contributed by atoms with van der Waals surface area (Å²) in [6.07, 6.45) is 4.15. The molecule has 4 aromatic rings. The van der Waals surface area contributed by atoms with Crippen LogP contribution in [0.2, 0.25) is 0 Å². The second kappa shape index (κ2) is 8.30. The van der Waals surface area contributed by atoms with Gasteiger partial charge in [-0.2, -0.15) is 5.10 Å². The number of fused-ring (bicyclic) bond motifs is 1. The summed E-state index contributed by atoms with van der Waals surface area (Å²) in [5.74, 6) is 0.449. The van der Waals surface area contributed by atoms with Gasteiger partial charge < -0.3 is 10.1 Å². The van der Waals surface area contributed by atoms with Gasteiger partial charge in [-0.3, -0.25) is 9.48 Å². The molecule has 2 aromatic carbocycles. The summed E-state index contributed by atoms with van der Waals surface area (Å²) < 4.78 is 9.00. The van der Waals surface area contributed by atoms with Crippen molar-refractivity contribution in [2.24, 2.45) is 0 Å². The lowest BCUT2D eigenvalue weighted by atomic mass is 10.2. The monoisotopic (exact) mass is 377 g/mol. The van der Waals surface area contributed by atoms with Gasteiger partial charge in [-0.25, -0.2) is 4.68 Å². The highest BCUT2D eigenvalue weighted by atomic mass is 16.5. The van der Waals surface area contributed by atoms with Crippen molar-refractivity contribution < 1.29 is 9.53 Å². The number of aryl methyl sites for hydroxylation is 1. The van der Waals surface area contributed by atoms with Gasteiger partial charge in [0, 0.05) is 18.5 Å². The number of ether oxygens (including phenoxy) is 1. The number of hydrogen-bond donors (Lipinski definition) is 1. The zero-order valence-corrected chi connectivity index (χ0v) is 15.1. The molecule has 0 saturated heterocycles. The second-order valence-electron chi connectivity index (χ2n) is 6.17. The van der Waals surface area contributed by atoms with E-state index in [-0.39, 0.29) is 12.5 Å². The molecule has 1 N–H and O–H groups in total. The van der Waals surface area contributed by atoms with Gasteiger partial charge in [0.05, 0.1) is 17.4 Å². The number of aromatic nitrogens is 6. The summed E-state index contributed by atoms with van der Waals surface area (Å²) in [5.41, 5.74) is 1.91. The highest BCUT2D eigenvalue weighted by Gasteiger charge is 2.05. The minimum absolute atomic E-state index is 0.0328. The molecule has 2 aromatic heterocycles. The molecule has 0 radical (unpaired) electrons. The van der Waals surface area contributed by atoms with E-state index in [9.17, 15) is 4.79 Å². The van der Waals surface area contributed by atoms with E-state index in [2.05, 4.69) is 25.9 Å². The van der Waals surface area contributed by atoms with Crippen molar-refractivity contribution in [3.8, 4) is 11.4 Å². The molecule has 1 amide bonds. The van der Waals surface area contributed by atoms with E-state index in [1.807, 2.05) is 47.3 Å². The third-order valence-corrected chi connectivity index (χ3v) is 4.24. The van der Waals surface area contributed by atoms with Crippen LogP contribution in [0.5, 0.6) is 5.75 Å². The molecular weight excluding hydrogens is 358 g/mol. The molecule has 0 aliphatic carbocycles. The molecule has 4 rings (SSSR count). The average molecular weight is 377 g/mol. The number of carbonyl (C=O) groups is 1. The van der Waals surface area contributed by atoms with Crippen LogP contribution in [0.15, 0.2) is 61.1 Å². The van der Waals surface area contributed by atoms with Gasteiger partial charge in [0.2, 0.25) is 0 Å². The van der Waals surface area contributed by atoms with Gasteiger partial charge in [-0.1, -0.05) is 18.2 Å². The Morgan fingerprint density at radius 2 is 1.96 bits per heavy atom. The summed E-state index contributed by atoms with van der Waals surface area (Å²) in [4.78, 5) is 12.0. The van der Waals surface area contributed by atoms with Gasteiger partial charge in [0.1, 0.15) is 12.1 Å². The van der Waals surface area contributed by atoms with Crippen LogP contribution in [0, 0.1) is 0 Å². The molecule has 0 spiro atoms. The van der Waals surface area contributed by atoms with Gasteiger partial charge in [-0.05, 0) is 47.2 Å². The number of nitrogens with one attached hydrogen (secondary N) is 1. The summed E-state index contributed by atoms with van der Waals surface area (Å²) in [7, 11) is 0. The first-order valence-corrected chi connectivity index (χ1v) is 8.93. The van der Waals surface area contributed by atoms with E-state index in [0.29, 0.717) is 12.3 Å². The fourth-order valence-corrected chi connectivity index (χ4v) is 2.84. The highest BCUT2D eigenvalue weighted by Crippen LogP contribution is 2.14. The molecule has 0 atom stereocenters. The first kappa shape index (κ1) is 17.7. The zero-order chi connectivity index (χ0) is 19.2. The first-order chi connectivity index (χ1) is 13.8. The van der Waals surface area contributed by atoms with E-state index in [1.54, 1.807) is 16.8 Å². The number of rotatable bonds is 8. The Morgan fingerprint density at radius 3 is 2.79 bits per heavy atom. The highest BCUT2D eigenvalue weighted by molar-refractivity contribution is 5.78. The largest absolute Gasteiger partial charge is 0.484 e.